The predicted octanol–water partition coefficient (Wildman–Crippen LogP) is 5.15. The maximum absolute atomic E-state index is 11.4. The highest BCUT2D eigenvalue weighted by Gasteiger charge is 2.43. The van der Waals surface area contributed by atoms with Crippen LogP contribution in [0, 0.1) is 11.3 Å². The molecule has 6 nitrogen and oxygen atoms in total. The lowest BCUT2D eigenvalue weighted by Crippen LogP contribution is -2.47. The Kier molecular flexibility index (Phi) is 9.15. The monoisotopic (exact) mass is 496 g/mol. The van der Waals surface area contributed by atoms with Gasteiger partial charge in [0.1, 0.15) is 18.2 Å². The molecule has 1 amide bonds. The van der Waals surface area contributed by atoms with Gasteiger partial charge in [0.25, 0.3) is 0 Å². The first kappa shape index (κ1) is 27.4. The summed E-state index contributed by atoms with van der Waals surface area (Å²) >= 11 is 0. The first-order valence-electron chi connectivity index (χ1n) is 12.5. The second kappa shape index (κ2) is 11.7. The van der Waals surface area contributed by atoms with Gasteiger partial charge in [0.15, 0.2) is 0 Å². The minimum absolute atomic E-state index is 0.130. The van der Waals surface area contributed by atoms with Crippen LogP contribution in [-0.4, -0.2) is 57.3 Å². The van der Waals surface area contributed by atoms with Crippen molar-refractivity contribution in [1.82, 2.24) is 9.80 Å². The molecule has 1 aliphatic rings. The number of nitrogens with two attached hydrogens (primary N) is 1. The molecule has 4 atom stereocenters. The number of rotatable bonds is 10. The topological polar surface area (TPSA) is 68.0 Å². The lowest BCUT2D eigenvalue weighted by molar-refractivity contribution is -0.0345. The quantitative estimate of drug-likeness (QED) is 0.364. The fourth-order valence-corrected chi connectivity index (χ4v) is 5.68. The number of benzene rings is 2. The summed E-state index contributed by atoms with van der Waals surface area (Å²) in [6, 6.07) is 17.8. The van der Waals surface area contributed by atoms with E-state index in [0.29, 0.717) is 17.2 Å². The van der Waals surface area contributed by atoms with Crippen LogP contribution in [0.3, 0.4) is 0 Å². The van der Waals surface area contributed by atoms with Gasteiger partial charge in [-0.3, -0.25) is 14.6 Å². The van der Waals surface area contributed by atoms with Crippen LogP contribution >= 0.6 is 0 Å². The number of hydrogen-bond acceptors (Lipinski definition) is 5. The van der Waals surface area contributed by atoms with Gasteiger partial charge in [0, 0.05) is 24.6 Å². The number of ether oxygens (including phenoxy) is 1. The van der Waals surface area contributed by atoms with Gasteiger partial charge in [-0.05, 0) is 68.7 Å². The van der Waals surface area contributed by atoms with Gasteiger partial charge >= 0.3 is 0 Å². The van der Waals surface area contributed by atoms with Gasteiger partial charge in [-0.1, -0.05) is 51.1 Å². The molecule has 1 heterocycles. The van der Waals surface area contributed by atoms with E-state index in [1.54, 1.807) is 24.3 Å². The van der Waals surface area contributed by atoms with Crippen LogP contribution in [-0.2, 0) is 4.43 Å². The third kappa shape index (κ3) is 7.16. The van der Waals surface area contributed by atoms with Crippen molar-refractivity contribution in [3.63, 3.8) is 0 Å². The summed E-state index contributed by atoms with van der Waals surface area (Å²) in [6.45, 7) is 15.4. The van der Waals surface area contributed by atoms with E-state index >= 15 is 0 Å². The Balaban J connectivity index is 1.81. The first-order chi connectivity index (χ1) is 16.5. The van der Waals surface area contributed by atoms with Crippen molar-refractivity contribution < 1.29 is 14.0 Å². The van der Waals surface area contributed by atoms with Crippen molar-refractivity contribution in [3.8, 4) is 5.75 Å². The molecular weight excluding hydrogens is 454 g/mol. The Morgan fingerprint density at radius 1 is 1.14 bits per heavy atom. The largest absolute Gasteiger partial charge is 0.475 e. The van der Waals surface area contributed by atoms with Crippen molar-refractivity contribution in [1.29, 1.82) is 0 Å². The summed E-state index contributed by atoms with van der Waals surface area (Å²) in [6.07, 6.45) is 1.10. The van der Waals surface area contributed by atoms with Crippen LogP contribution in [0.2, 0.25) is 13.1 Å². The third-order valence-corrected chi connectivity index (χ3v) is 7.72. The van der Waals surface area contributed by atoms with Crippen LogP contribution in [0.1, 0.15) is 56.1 Å². The standard InChI is InChI=1S/C28H42N3O3Si/c1-20(33-23-15-13-22(14-16-23)26(29)32)30(5)25(21-11-9-8-10-12-21)19-31-18-17-24(28(2,3)4)27(31)34-35(6)7/h8-16,20,24-25,27H,17-19H2,1-7H3,(H2,29,32). The van der Waals surface area contributed by atoms with Gasteiger partial charge in [-0.2, -0.15) is 0 Å². The molecule has 2 N–H and O–H groups in total. The van der Waals surface area contributed by atoms with Gasteiger partial charge < -0.3 is 14.9 Å². The fraction of sp³-hybridized carbons (Fsp3) is 0.536. The zero-order valence-corrected chi connectivity index (χ0v) is 23.3. The van der Waals surface area contributed by atoms with Gasteiger partial charge in [0.05, 0.1) is 6.04 Å². The molecule has 0 saturated carbocycles. The Morgan fingerprint density at radius 3 is 2.31 bits per heavy atom. The predicted molar refractivity (Wildman–Crippen MR) is 143 cm³/mol. The molecule has 0 spiro atoms. The van der Waals surface area contributed by atoms with E-state index in [2.05, 4.69) is 88.0 Å². The van der Waals surface area contributed by atoms with Crippen molar-refractivity contribution in [2.24, 2.45) is 17.1 Å². The van der Waals surface area contributed by atoms with Crippen molar-refractivity contribution in [3.05, 3.63) is 65.7 Å². The summed E-state index contributed by atoms with van der Waals surface area (Å²) in [5, 5.41) is 0. The minimum atomic E-state index is -0.840. The number of primary amides is 1. The number of likely N-dealkylation sites (tertiary alicyclic amines) is 1. The Hall–Kier alpha value is -2.19. The van der Waals surface area contributed by atoms with E-state index in [1.165, 1.54) is 5.56 Å². The molecule has 1 aliphatic heterocycles. The van der Waals surface area contributed by atoms with E-state index in [1.807, 2.05) is 0 Å². The second-order valence-electron chi connectivity index (χ2n) is 10.9. The zero-order chi connectivity index (χ0) is 25.8. The van der Waals surface area contributed by atoms with Gasteiger partial charge in [0.2, 0.25) is 14.9 Å². The molecule has 2 aromatic carbocycles. The molecule has 191 valence electrons. The lowest BCUT2D eigenvalue weighted by atomic mass is 9.79. The highest BCUT2D eigenvalue weighted by atomic mass is 28.3. The molecular formula is C28H42N3O3Si. The number of hydrogen-bond donors (Lipinski definition) is 1. The first-order valence-corrected chi connectivity index (χ1v) is 14.9. The van der Waals surface area contributed by atoms with Crippen LogP contribution in [0.5, 0.6) is 5.75 Å². The van der Waals surface area contributed by atoms with Crippen molar-refractivity contribution in [2.45, 2.75) is 65.7 Å². The van der Waals surface area contributed by atoms with Crippen LogP contribution in [0.25, 0.3) is 0 Å². The summed E-state index contributed by atoms with van der Waals surface area (Å²) in [5.41, 5.74) is 7.29. The zero-order valence-electron chi connectivity index (χ0n) is 22.3. The average molecular weight is 497 g/mol. The van der Waals surface area contributed by atoms with E-state index < -0.39 is 14.9 Å². The summed E-state index contributed by atoms with van der Waals surface area (Å²) in [7, 11) is 1.27. The third-order valence-electron chi connectivity index (χ3n) is 7.00. The maximum atomic E-state index is 11.4. The normalized spacial score (nSPS) is 20.8. The van der Waals surface area contributed by atoms with Crippen LogP contribution < -0.4 is 10.5 Å². The fourth-order valence-electron chi connectivity index (χ4n) is 4.88. The number of nitrogens with zero attached hydrogens (tertiary/aromatic N) is 2. The number of carbonyl (C=O) groups excluding carboxylic acids is 1. The highest BCUT2D eigenvalue weighted by molar-refractivity contribution is 6.48. The lowest BCUT2D eigenvalue weighted by Gasteiger charge is -2.40. The number of carbonyl (C=O) groups is 1. The molecule has 0 aromatic heterocycles. The maximum Gasteiger partial charge on any atom is 0.248 e. The van der Waals surface area contributed by atoms with Crippen molar-refractivity contribution in [2.75, 3.05) is 20.1 Å². The summed E-state index contributed by atoms with van der Waals surface area (Å²) < 4.78 is 12.9. The van der Waals surface area contributed by atoms with E-state index in [0.717, 1.165) is 19.5 Å². The Bertz CT molecular complexity index is 946. The van der Waals surface area contributed by atoms with E-state index in [9.17, 15) is 4.79 Å². The Morgan fingerprint density at radius 2 is 1.77 bits per heavy atom. The van der Waals surface area contributed by atoms with Crippen LogP contribution in [0.15, 0.2) is 54.6 Å². The molecule has 7 heteroatoms. The molecule has 2 aromatic rings. The second-order valence-corrected chi connectivity index (χ2v) is 12.9. The van der Waals surface area contributed by atoms with Gasteiger partial charge in [-0.15, -0.1) is 0 Å². The molecule has 4 unspecified atom stereocenters. The van der Waals surface area contributed by atoms with Crippen LogP contribution in [0.4, 0.5) is 0 Å². The Labute approximate surface area is 213 Å². The minimum Gasteiger partial charge on any atom is -0.475 e. The van der Waals surface area contributed by atoms with Gasteiger partial charge in [-0.25, -0.2) is 0 Å². The number of likely N-dealkylation sites (N-methyl/N-ethyl adjacent to an activating group) is 1. The molecule has 0 bridgehead atoms. The molecule has 1 saturated heterocycles. The van der Waals surface area contributed by atoms with E-state index in [-0.39, 0.29) is 23.9 Å². The summed E-state index contributed by atoms with van der Waals surface area (Å²) in [5.74, 6) is 0.771. The molecule has 1 fully saturated rings. The molecule has 35 heavy (non-hydrogen) atoms. The molecule has 3 rings (SSSR count). The number of amides is 1. The molecule has 1 radical (unpaired) electrons. The van der Waals surface area contributed by atoms with E-state index in [4.69, 9.17) is 14.9 Å². The SMILES string of the molecule is CC(Oc1ccc(C(N)=O)cc1)N(C)C(CN1CCC(C(C)(C)C)C1O[Si](C)C)c1ccccc1. The van der Waals surface area contributed by atoms with Crippen molar-refractivity contribution >= 4 is 14.9 Å². The smallest absolute Gasteiger partial charge is 0.248 e. The average Bonchev–Trinajstić information content (AvgIpc) is 3.20. The molecule has 0 aliphatic carbocycles. The summed E-state index contributed by atoms with van der Waals surface area (Å²) in [4.78, 5) is 16.2. The highest BCUT2D eigenvalue weighted by Crippen LogP contribution is 2.40.